The monoisotopic (exact) mass is 261 g/mol. The molecule has 0 spiro atoms. The van der Waals surface area contributed by atoms with Crippen molar-refractivity contribution >= 4 is 11.6 Å². The third-order valence-electron chi connectivity index (χ3n) is 3.32. The normalized spacial score (nSPS) is 14.2. The molecular weight excluding hydrogens is 246 g/mol. The molecule has 1 aliphatic heterocycles. The van der Waals surface area contributed by atoms with Gasteiger partial charge in [0.2, 0.25) is 0 Å². The van der Waals surface area contributed by atoms with Crippen molar-refractivity contribution < 1.29 is 0 Å². The Labute approximate surface area is 108 Å². The van der Waals surface area contributed by atoms with Gasteiger partial charge in [0.1, 0.15) is 5.82 Å². The zero-order chi connectivity index (χ0) is 13.4. The third-order valence-corrected chi connectivity index (χ3v) is 3.32. The zero-order valence-electron chi connectivity index (χ0n) is 10.6. The second-order valence-corrected chi connectivity index (χ2v) is 4.71. The van der Waals surface area contributed by atoms with Crippen molar-refractivity contribution in [2.24, 2.45) is 7.05 Å². The lowest BCUT2D eigenvalue weighted by Crippen LogP contribution is -2.32. The number of aryl methyl sites for hydroxylation is 2. The molecule has 2 aromatic heterocycles. The Morgan fingerprint density at radius 2 is 2.16 bits per heavy atom. The van der Waals surface area contributed by atoms with Crippen LogP contribution in [0.5, 0.6) is 0 Å². The quantitative estimate of drug-likeness (QED) is 0.817. The molecule has 2 N–H and O–H groups in total. The molecule has 2 aromatic rings. The fourth-order valence-corrected chi connectivity index (χ4v) is 2.24. The summed E-state index contributed by atoms with van der Waals surface area (Å²) in [5, 5.41) is 7.37. The van der Waals surface area contributed by atoms with Crippen LogP contribution in [0.4, 0.5) is 11.6 Å². The van der Waals surface area contributed by atoms with Crippen molar-refractivity contribution in [2.75, 3.05) is 5.32 Å². The highest BCUT2D eigenvalue weighted by Gasteiger charge is 2.12. The molecule has 7 nitrogen and oxygen atoms in total. The van der Waals surface area contributed by atoms with Crippen LogP contribution in [0, 0.1) is 0 Å². The zero-order valence-corrected chi connectivity index (χ0v) is 10.6. The SMILES string of the molecule is Cn1c(=O)cc(Nc2cc3n(n2)CCCC3)[nH]c1=O. The minimum atomic E-state index is -0.445. The highest BCUT2D eigenvalue weighted by molar-refractivity contribution is 5.51. The molecule has 0 saturated carbocycles. The minimum Gasteiger partial charge on any atom is -0.325 e. The summed E-state index contributed by atoms with van der Waals surface area (Å²) < 4.78 is 2.98. The molecule has 0 bridgehead atoms. The number of hydrogen-bond donors (Lipinski definition) is 2. The smallest absolute Gasteiger partial charge is 0.325 e. The van der Waals surface area contributed by atoms with Crippen LogP contribution in [0.1, 0.15) is 18.5 Å². The summed E-state index contributed by atoms with van der Waals surface area (Å²) in [6, 6.07) is 3.30. The predicted octanol–water partition coefficient (Wildman–Crippen LogP) is 0.350. The molecule has 0 amide bonds. The molecule has 7 heteroatoms. The Morgan fingerprint density at radius 3 is 2.89 bits per heavy atom. The topological polar surface area (TPSA) is 84.7 Å². The number of aromatic nitrogens is 4. The van der Waals surface area contributed by atoms with Gasteiger partial charge in [0, 0.05) is 31.4 Å². The van der Waals surface area contributed by atoms with Crippen LogP contribution in [0.15, 0.2) is 21.7 Å². The number of anilines is 2. The summed E-state index contributed by atoms with van der Waals surface area (Å²) in [7, 11) is 1.43. The van der Waals surface area contributed by atoms with Crippen LogP contribution in [0.25, 0.3) is 0 Å². The van der Waals surface area contributed by atoms with Gasteiger partial charge >= 0.3 is 5.69 Å². The molecule has 0 saturated heterocycles. The molecule has 0 fully saturated rings. The first kappa shape index (κ1) is 11.8. The second kappa shape index (κ2) is 4.42. The summed E-state index contributed by atoms with van der Waals surface area (Å²) in [4.78, 5) is 25.6. The van der Waals surface area contributed by atoms with E-state index >= 15 is 0 Å². The van der Waals surface area contributed by atoms with E-state index in [4.69, 9.17) is 0 Å². The van der Waals surface area contributed by atoms with Crippen molar-refractivity contribution in [1.82, 2.24) is 19.3 Å². The van der Waals surface area contributed by atoms with Gasteiger partial charge in [-0.3, -0.25) is 19.0 Å². The second-order valence-electron chi connectivity index (χ2n) is 4.71. The maximum atomic E-state index is 11.5. The van der Waals surface area contributed by atoms with E-state index in [0.717, 1.165) is 24.0 Å². The van der Waals surface area contributed by atoms with E-state index in [1.165, 1.54) is 25.2 Å². The van der Waals surface area contributed by atoms with Crippen molar-refractivity contribution in [3.8, 4) is 0 Å². The largest absolute Gasteiger partial charge is 0.329 e. The summed E-state index contributed by atoms with van der Waals surface area (Å²) >= 11 is 0. The van der Waals surface area contributed by atoms with Gasteiger partial charge in [0.05, 0.1) is 0 Å². The van der Waals surface area contributed by atoms with E-state index in [1.54, 1.807) is 0 Å². The molecular formula is C12H15N5O2. The molecule has 0 aromatic carbocycles. The van der Waals surface area contributed by atoms with Gasteiger partial charge in [-0.1, -0.05) is 0 Å². The van der Waals surface area contributed by atoms with Gasteiger partial charge in [-0.15, -0.1) is 0 Å². The molecule has 1 aliphatic rings. The summed E-state index contributed by atoms with van der Waals surface area (Å²) in [5.41, 5.74) is 0.383. The van der Waals surface area contributed by atoms with E-state index in [1.807, 2.05) is 10.7 Å². The van der Waals surface area contributed by atoms with Crippen LogP contribution in [-0.4, -0.2) is 19.3 Å². The number of nitrogens with one attached hydrogen (secondary N) is 2. The average Bonchev–Trinajstić information content (AvgIpc) is 2.78. The van der Waals surface area contributed by atoms with Gasteiger partial charge < -0.3 is 5.32 Å². The first-order valence-electron chi connectivity index (χ1n) is 6.27. The highest BCUT2D eigenvalue weighted by Crippen LogP contribution is 2.19. The first-order valence-corrected chi connectivity index (χ1v) is 6.27. The number of aromatic amines is 1. The van der Waals surface area contributed by atoms with Crippen molar-refractivity contribution in [2.45, 2.75) is 25.8 Å². The van der Waals surface area contributed by atoms with Gasteiger partial charge in [-0.2, -0.15) is 5.10 Å². The Balaban J connectivity index is 1.91. The van der Waals surface area contributed by atoms with Crippen molar-refractivity contribution in [1.29, 1.82) is 0 Å². The molecule has 0 unspecified atom stereocenters. The van der Waals surface area contributed by atoms with Gasteiger partial charge in [0.25, 0.3) is 5.56 Å². The van der Waals surface area contributed by atoms with Crippen LogP contribution in [-0.2, 0) is 20.0 Å². The maximum absolute atomic E-state index is 11.5. The molecule has 19 heavy (non-hydrogen) atoms. The number of rotatable bonds is 2. The highest BCUT2D eigenvalue weighted by atomic mass is 16.2. The molecule has 0 radical (unpaired) electrons. The van der Waals surface area contributed by atoms with E-state index in [2.05, 4.69) is 15.4 Å². The Hall–Kier alpha value is -2.31. The number of H-pyrrole nitrogens is 1. The van der Waals surface area contributed by atoms with Crippen LogP contribution >= 0.6 is 0 Å². The third kappa shape index (κ3) is 2.18. The van der Waals surface area contributed by atoms with E-state index in [0.29, 0.717) is 11.6 Å². The molecule has 3 heterocycles. The Morgan fingerprint density at radius 1 is 1.32 bits per heavy atom. The Kier molecular flexibility index (Phi) is 2.73. The van der Waals surface area contributed by atoms with Crippen molar-refractivity contribution in [3.63, 3.8) is 0 Å². The fourth-order valence-electron chi connectivity index (χ4n) is 2.24. The lowest BCUT2D eigenvalue weighted by Gasteiger charge is -2.11. The lowest BCUT2D eigenvalue weighted by molar-refractivity contribution is 0.487. The summed E-state index contributed by atoms with van der Waals surface area (Å²) in [5.74, 6) is 1.02. The molecule has 0 atom stereocenters. The van der Waals surface area contributed by atoms with Crippen LogP contribution < -0.4 is 16.6 Å². The molecule has 0 aliphatic carbocycles. The van der Waals surface area contributed by atoms with Crippen LogP contribution in [0.2, 0.25) is 0 Å². The molecule has 100 valence electrons. The average molecular weight is 261 g/mol. The first-order chi connectivity index (χ1) is 9.13. The van der Waals surface area contributed by atoms with E-state index < -0.39 is 5.69 Å². The minimum absolute atomic E-state index is 0.352. The number of hydrogen-bond acceptors (Lipinski definition) is 4. The van der Waals surface area contributed by atoms with Crippen molar-refractivity contribution in [3.05, 3.63) is 38.7 Å². The van der Waals surface area contributed by atoms with Crippen LogP contribution in [0.3, 0.4) is 0 Å². The number of fused-ring (bicyclic) bond motifs is 1. The number of nitrogens with zero attached hydrogens (tertiary/aromatic N) is 3. The van der Waals surface area contributed by atoms with E-state index in [-0.39, 0.29) is 5.56 Å². The summed E-state index contributed by atoms with van der Waals surface area (Å²) in [6.45, 7) is 0.921. The summed E-state index contributed by atoms with van der Waals surface area (Å²) in [6.07, 6.45) is 3.33. The predicted molar refractivity (Wildman–Crippen MR) is 70.8 cm³/mol. The maximum Gasteiger partial charge on any atom is 0.329 e. The Bertz CT molecular complexity index is 670. The molecule has 3 rings (SSSR count). The van der Waals surface area contributed by atoms with Gasteiger partial charge in [0.15, 0.2) is 5.82 Å². The fraction of sp³-hybridized carbons (Fsp3) is 0.417. The van der Waals surface area contributed by atoms with E-state index in [9.17, 15) is 9.59 Å². The standard InChI is InChI=1S/C12H15N5O2/c1-16-11(18)7-9(14-12(16)19)13-10-6-8-4-2-3-5-17(8)15-10/h6-7H,2-5H2,1H3,(H,13,15)(H,14,19). The van der Waals surface area contributed by atoms with Gasteiger partial charge in [-0.25, -0.2) is 4.79 Å². The van der Waals surface area contributed by atoms with Gasteiger partial charge in [-0.05, 0) is 19.3 Å². The lowest BCUT2D eigenvalue weighted by atomic mass is 10.1.